The number of benzene rings is 5. The first kappa shape index (κ1) is 33.1. The van der Waals surface area contributed by atoms with Crippen LogP contribution in [0.3, 0.4) is 0 Å². The molecule has 1 unspecified atom stereocenters. The molecule has 0 radical (unpaired) electrons. The van der Waals surface area contributed by atoms with Crippen LogP contribution in [0, 0.1) is 0 Å². The first-order valence-electron chi connectivity index (χ1n) is 15.9. The molecule has 7 heteroatoms. The molecule has 0 bridgehead atoms. The van der Waals surface area contributed by atoms with Gasteiger partial charge in [-0.25, -0.2) is 0 Å². The largest absolute Gasteiger partial charge is 0.394 e. The van der Waals surface area contributed by atoms with Gasteiger partial charge in [-0.05, 0) is 34.4 Å². The minimum atomic E-state index is -2.02. The fourth-order valence-electron chi connectivity index (χ4n) is 6.57. The zero-order valence-corrected chi connectivity index (χ0v) is 26.9. The summed E-state index contributed by atoms with van der Waals surface area (Å²) >= 11 is 1.12. The maximum absolute atomic E-state index is 13.4. The molecule has 1 aliphatic heterocycles. The van der Waals surface area contributed by atoms with E-state index in [2.05, 4.69) is 0 Å². The second kappa shape index (κ2) is 15.0. The van der Waals surface area contributed by atoms with Gasteiger partial charge >= 0.3 is 0 Å². The zero-order valence-electron chi connectivity index (χ0n) is 26.1. The Balaban J connectivity index is 1.61. The van der Waals surface area contributed by atoms with Crippen molar-refractivity contribution in [3.05, 3.63) is 174 Å². The van der Waals surface area contributed by atoms with E-state index in [9.17, 15) is 15.3 Å². The van der Waals surface area contributed by atoms with Gasteiger partial charge in [0.1, 0.15) is 17.8 Å². The predicted molar refractivity (Wildman–Crippen MR) is 183 cm³/mol. The maximum Gasteiger partial charge on any atom is 0.218 e. The monoisotopic (exact) mass is 648 g/mol. The van der Waals surface area contributed by atoms with Gasteiger partial charge in [-0.2, -0.15) is 0 Å². The Labute approximate surface area is 280 Å². The normalized spacial score (nSPS) is 25.8. The van der Waals surface area contributed by atoms with Crippen LogP contribution in [0.4, 0.5) is 0 Å². The van der Waals surface area contributed by atoms with Gasteiger partial charge in [0.2, 0.25) is 5.79 Å². The minimum absolute atomic E-state index is 0.00634. The molecule has 5 aromatic rings. The van der Waals surface area contributed by atoms with Crippen molar-refractivity contribution in [2.45, 2.75) is 60.0 Å². The maximum atomic E-state index is 13.4. The van der Waals surface area contributed by atoms with Crippen molar-refractivity contribution in [3.8, 4) is 0 Å². The lowest BCUT2D eigenvalue weighted by atomic mass is 9.63. The fraction of sp³-hybridized carbons (Fsp3) is 0.250. The average molecular weight is 649 g/mol. The molecule has 0 amide bonds. The topological polar surface area (TPSA) is 88.4 Å². The van der Waals surface area contributed by atoms with E-state index in [0.29, 0.717) is 0 Å². The van der Waals surface area contributed by atoms with E-state index in [0.717, 1.165) is 39.2 Å². The van der Waals surface area contributed by atoms with Crippen LogP contribution in [-0.4, -0.2) is 51.1 Å². The molecule has 5 aromatic carbocycles. The second-order valence-electron chi connectivity index (χ2n) is 12.0. The number of rotatable bonds is 13. The lowest BCUT2D eigenvalue weighted by Crippen LogP contribution is -2.82. The summed E-state index contributed by atoms with van der Waals surface area (Å²) in [5.74, 6) is -1.73. The predicted octanol–water partition coefficient (Wildman–Crippen LogP) is 6.57. The van der Waals surface area contributed by atoms with Crippen molar-refractivity contribution in [1.29, 1.82) is 0 Å². The quantitative estimate of drug-likeness (QED) is 0.125. The minimum Gasteiger partial charge on any atom is -0.394 e. The van der Waals surface area contributed by atoms with Crippen LogP contribution in [-0.2, 0) is 39.5 Å². The molecule has 1 heterocycles. The highest BCUT2D eigenvalue weighted by Crippen LogP contribution is 2.54. The van der Waals surface area contributed by atoms with Crippen LogP contribution in [0.15, 0.2) is 157 Å². The first-order chi connectivity index (χ1) is 23.0. The Kier molecular flexibility index (Phi) is 10.5. The SMILES string of the molecule is OC[C@H]1OC(Cc2ccccc2)(OSc2ccccc2)[C@](Cc2ccccc2)(OCc2ccccc2)[C@](O)(Cc2ccccc2)[C@@H]1O. The van der Waals surface area contributed by atoms with Crippen molar-refractivity contribution in [3.63, 3.8) is 0 Å². The summed E-state index contributed by atoms with van der Waals surface area (Å²) in [5.41, 5.74) is -0.345. The van der Waals surface area contributed by atoms with E-state index in [1.807, 2.05) is 152 Å². The van der Waals surface area contributed by atoms with Gasteiger partial charge in [0.05, 0.1) is 13.2 Å². The van der Waals surface area contributed by atoms with Gasteiger partial charge in [0.15, 0.2) is 5.60 Å². The zero-order chi connectivity index (χ0) is 32.6. The standard InChI is InChI=1S/C40H40O6S/c41-29-36-37(42)38(43,26-31-16-6-1-7-17-31)39(27-32-18-8-2-9-19-32,44-30-34-22-12-4-13-23-34)40(45-36,28-33-20-10-3-11-21-33)46-47-35-24-14-5-15-25-35/h1-25,36-37,41-43H,26-30H2/t36-,37-,38+,39-,40?/m1/s1. The molecule has 0 saturated carbocycles. The van der Waals surface area contributed by atoms with Gasteiger partial charge in [0.25, 0.3) is 0 Å². The van der Waals surface area contributed by atoms with E-state index >= 15 is 0 Å². The average Bonchev–Trinajstić information content (AvgIpc) is 3.12. The fourth-order valence-corrected chi connectivity index (χ4v) is 7.30. The molecule has 0 spiro atoms. The summed E-state index contributed by atoms with van der Waals surface area (Å²) in [6.45, 7) is -0.450. The molecule has 5 atom stereocenters. The Hall–Kier alpha value is -3.79. The third-order valence-electron chi connectivity index (χ3n) is 8.91. The van der Waals surface area contributed by atoms with E-state index in [4.69, 9.17) is 13.7 Å². The summed E-state index contributed by atoms with van der Waals surface area (Å²) in [4.78, 5) is 0.818. The van der Waals surface area contributed by atoms with Crippen LogP contribution < -0.4 is 0 Å². The molecule has 242 valence electrons. The van der Waals surface area contributed by atoms with Gasteiger partial charge < -0.3 is 24.8 Å². The van der Waals surface area contributed by atoms with Crippen molar-refractivity contribution >= 4 is 12.0 Å². The lowest BCUT2D eigenvalue weighted by Gasteiger charge is -2.62. The van der Waals surface area contributed by atoms with Gasteiger partial charge in [-0.15, -0.1) is 0 Å². The van der Waals surface area contributed by atoms with Crippen molar-refractivity contribution in [1.82, 2.24) is 0 Å². The molecule has 1 aliphatic rings. The summed E-state index contributed by atoms with van der Waals surface area (Å²) in [7, 11) is 0. The molecular formula is C40H40O6S. The number of ether oxygens (including phenoxy) is 2. The lowest BCUT2D eigenvalue weighted by molar-refractivity contribution is -0.415. The van der Waals surface area contributed by atoms with Crippen LogP contribution >= 0.6 is 12.0 Å². The number of hydrogen-bond donors (Lipinski definition) is 3. The van der Waals surface area contributed by atoms with Gasteiger partial charge in [0, 0.05) is 36.2 Å². The first-order valence-corrected chi connectivity index (χ1v) is 16.6. The van der Waals surface area contributed by atoms with E-state index in [-0.39, 0.29) is 25.9 Å². The second-order valence-corrected chi connectivity index (χ2v) is 12.8. The van der Waals surface area contributed by atoms with E-state index in [1.165, 1.54) is 0 Å². The van der Waals surface area contributed by atoms with Crippen molar-refractivity contribution in [2.75, 3.05) is 6.61 Å². The Morgan fingerprint density at radius 2 is 1.04 bits per heavy atom. The van der Waals surface area contributed by atoms with Gasteiger partial charge in [-0.1, -0.05) is 140 Å². The molecule has 47 heavy (non-hydrogen) atoms. The number of hydrogen-bond acceptors (Lipinski definition) is 7. The Bertz CT molecular complexity index is 1660. The molecule has 1 saturated heterocycles. The number of aliphatic hydroxyl groups excluding tert-OH is 2. The van der Waals surface area contributed by atoms with Crippen LogP contribution in [0.1, 0.15) is 22.3 Å². The Morgan fingerprint density at radius 1 is 0.596 bits per heavy atom. The van der Waals surface area contributed by atoms with Crippen LogP contribution in [0.25, 0.3) is 0 Å². The van der Waals surface area contributed by atoms with E-state index < -0.39 is 35.8 Å². The van der Waals surface area contributed by atoms with Crippen LogP contribution in [0.5, 0.6) is 0 Å². The highest BCUT2D eigenvalue weighted by molar-refractivity contribution is 7.94. The number of aliphatic hydroxyl groups is 3. The van der Waals surface area contributed by atoms with Gasteiger partial charge in [-0.3, -0.25) is 4.18 Å². The summed E-state index contributed by atoms with van der Waals surface area (Å²) in [6, 6.07) is 48.4. The highest BCUT2D eigenvalue weighted by Gasteiger charge is 2.73. The summed E-state index contributed by atoms with van der Waals surface area (Å²) in [5, 5.41) is 36.3. The third kappa shape index (κ3) is 7.08. The molecule has 6 rings (SSSR count). The van der Waals surface area contributed by atoms with Crippen molar-refractivity contribution < 1.29 is 29.0 Å². The Morgan fingerprint density at radius 3 is 1.55 bits per heavy atom. The van der Waals surface area contributed by atoms with Crippen molar-refractivity contribution in [2.24, 2.45) is 0 Å². The summed E-state index contributed by atoms with van der Waals surface area (Å²) in [6.07, 6.45) is -2.45. The van der Waals surface area contributed by atoms with E-state index in [1.54, 1.807) is 0 Å². The van der Waals surface area contributed by atoms with Crippen LogP contribution in [0.2, 0.25) is 0 Å². The molecule has 6 nitrogen and oxygen atoms in total. The molecule has 1 fully saturated rings. The highest BCUT2D eigenvalue weighted by atomic mass is 32.2. The molecular weight excluding hydrogens is 609 g/mol. The molecule has 0 aliphatic carbocycles. The third-order valence-corrected chi connectivity index (χ3v) is 9.73. The summed E-state index contributed by atoms with van der Waals surface area (Å²) < 4.78 is 20.9. The smallest absolute Gasteiger partial charge is 0.218 e. The molecule has 3 N–H and O–H groups in total. The molecule has 0 aromatic heterocycles.